The van der Waals surface area contributed by atoms with Gasteiger partial charge in [-0.15, -0.1) is 0 Å². The first-order valence-electron chi connectivity index (χ1n) is 9.44. The normalized spacial score (nSPS) is 15.7. The van der Waals surface area contributed by atoms with E-state index in [1.807, 2.05) is 24.3 Å². The third-order valence-corrected chi connectivity index (χ3v) is 5.36. The van der Waals surface area contributed by atoms with Crippen molar-refractivity contribution in [2.24, 2.45) is 0 Å². The Hall–Kier alpha value is -2.04. The number of aromatic nitrogens is 2. The molecule has 1 aliphatic rings. The van der Waals surface area contributed by atoms with Crippen LogP contribution in [0.2, 0.25) is 5.02 Å². The first-order valence-corrected chi connectivity index (χ1v) is 9.82. The van der Waals surface area contributed by atoms with Gasteiger partial charge in [-0.3, -0.25) is 4.90 Å². The molecular weight excluding hydrogens is 344 g/mol. The summed E-state index contributed by atoms with van der Waals surface area (Å²) in [6.45, 7) is 5.56. The summed E-state index contributed by atoms with van der Waals surface area (Å²) in [6.07, 6.45) is 3.42. The van der Waals surface area contributed by atoms with E-state index >= 15 is 0 Å². The summed E-state index contributed by atoms with van der Waals surface area (Å²) in [7, 11) is 0. The van der Waals surface area contributed by atoms with E-state index in [1.54, 1.807) is 0 Å². The molecule has 0 unspecified atom stereocenters. The molecule has 0 bridgehead atoms. The predicted octanol–water partition coefficient (Wildman–Crippen LogP) is 4.36. The number of hydrogen-bond donors (Lipinski definition) is 1. The number of imidazole rings is 1. The van der Waals surface area contributed by atoms with E-state index in [1.165, 1.54) is 25.1 Å². The number of benzene rings is 2. The fraction of sp³-hybridized carbons (Fsp3) is 0.381. The first-order chi connectivity index (χ1) is 12.8. The lowest BCUT2D eigenvalue weighted by molar-refractivity contribution is 0.253. The van der Waals surface area contributed by atoms with Crippen molar-refractivity contribution in [3.8, 4) is 0 Å². The standard InChI is InChI=1S/C21H25ClN4/c22-17-6-5-7-18(16-17)26-14-12-25(13-15-26)11-4-3-10-21-23-19-8-1-2-9-20(19)24-21/h1-2,5-9,16H,3-4,10-15H2,(H,23,24). The molecule has 1 aromatic heterocycles. The monoisotopic (exact) mass is 368 g/mol. The minimum atomic E-state index is 0.815. The third kappa shape index (κ3) is 4.19. The Bertz CT molecular complexity index is 819. The number of nitrogens with zero attached hydrogens (tertiary/aromatic N) is 3. The molecule has 1 fully saturated rings. The molecule has 1 N–H and O–H groups in total. The average molecular weight is 369 g/mol. The molecule has 2 aromatic carbocycles. The van der Waals surface area contributed by atoms with Crippen LogP contribution in [0.15, 0.2) is 48.5 Å². The Labute approximate surface area is 159 Å². The number of piperazine rings is 1. The Morgan fingerprint density at radius 3 is 2.62 bits per heavy atom. The molecule has 3 aromatic rings. The molecule has 4 rings (SSSR count). The van der Waals surface area contributed by atoms with E-state index in [0.717, 1.165) is 54.5 Å². The zero-order chi connectivity index (χ0) is 17.8. The van der Waals surface area contributed by atoms with Gasteiger partial charge < -0.3 is 9.88 Å². The van der Waals surface area contributed by atoms with Crippen molar-refractivity contribution in [1.82, 2.24) is 14.9 Å². The van der Waals surface area contributed by atoms with Gasteiger partial charge in [-0.25, -0.2) is 4.98 Å². The lowest BCUT2D eigenvalue weighted by Gasteiger charge is -2.36. The molecule has 26 heavy (non-hydrogen) atoms. The second kappa shape index (κ2) is 8.11. The summed E-state index contributed by atoms with van der Waals surface area (Å²) in [4.78, 5) is 13.1. The minimum absolute atomic E-state index is 0.815. The smallest absolute Gasteiger partial charge is 0.107 e. The molecule has 1 saturated heterocycles. The number of para-hydroxylation sites is 2. The average Bonchev–Trinajstić information content (AvgIpc) is 3.09. The van der Waals surface area contributed by atoms with E-state index in [2.05, 4.69) is 44.0 Å². The molecule has 0 aliphatic carbocycles. The number of rotatable bonds is 6. The van der Waals surface area contributed by atoms with Gasteiger partial charge in [0.15, 0.2) is 0 Å². The number of halogens is 1. The molecule has 0 radical (unpaired) electrons. The van der Waals surface area contributed by atoms with E-state index in [0.29, 0.717) is 0 Å². The zero-order valence-corrected chi connectivity index (χ0v) is 15.8. The van der Waals surface area contributed by atoms with Crippen LogP contribution >= 0.6 is 11.6 Å². The summed E-state index contributed by atoms with van der Waals surface area (Å²) in [5, 5.41) is 0.815. The van der Waals surface area contributed by atoms with Crippen molar-refractivity contribution in [3.05, 3.63) is 59.4 Å². The number of fused-ring (bicyclic) bond motifs is 1. The van der Waals surface area contributed by atoms with Gasteiger partial charge in [0, 0.05) is 43.3 Å². The molecular formula is C21H25ClN4. The van der Waals surface area contributed by atoms with Crippen LogP contribution in [-0.2, 0) is 6.42 Å². The fourth-order valence-corrected chi connectivity index (χ4v) is 3.84. The van der Waals surface area contributed by atoms with Gasteiger partial charge in [-0.2, -0.15) is 0 Å². The van der Waals surface area contributed by atoms with Gasteiger partial charge >= 0.3 is 0 Å². The van der Waals surface area contributed by atoms with Crippen molar-refractivity contribution in [1.29, 1.82) is 0 Å². The quantitative estimate of drug-likeness (QED) is 0.656. The maximum absolute atomic E-state index is 6.11. The molecule has 136 valence electrons. The van der Waals surface area contributed by atoms with Gasteiger partial charge in [0.2, 0.25) is 0 Å². The Morgan fingerprint density at radius 2 is 1.81 bits per heavy atom. The Morgan fingerprint density at radius 1 is 0.962 bits per heavy atom. The summed E-state index contributed by atoms with van der Waals surface area (Å²) < 4.78 is 0. The molecule has 1 aliphatic heterocycles. The van der Waals surface area contributed by atoms with Crippen molar-refractivity contribution in [2.75, 3.05) is 37.6 Å². The molecule has 0 atom stereocenters. The number of nitrogens with one attached hydrogen (secondary N) is 1. The number of hydrogen-bond acceptors (Lipinski definition) is 3. The molecule has 2 heterocycles. The molecule has 0 amide bonds. The van der Waals surface area contributed by atoms with Crippen molar-refractivity contribution < 1.29 is 0 Å². The highest BCUT2D eigenvalue weighted by Gasteiger charge is 2.16. The highest BCUT2D eigenvalue weighted by atomic mass is 35.5. The number of H-pyrrole nitrogens is 1. The van der Waals surface area contributed by atoms with Crippen molar-refractivity contribution in [2.45, 2.75) is 19.3 Å². The van der Waals surface area contributed by atoms with Gasteiger partial charge in [-0.1, -0.05) is 29.8 Å². The highest BCUT2D eigenvalue weighted by Crippen LogP contribution is 2.21. The van der Waals surface area contributed by atoms with Gasteiger partial charge in [0.05, 0.1) is 11.0 Å². The van der Waals surface area contributed by atoms with Crippen molar-refractivity contribution in [3.63, 3.8) is 0 Å². The molecule has 4 nitrogen and oxygen atoms in total. The van der Waals surface area contributed by atoms with Crippen LogP contribution in [0, 0.1) is 0 Å². The van der Waals surface area contributed by atoms with Crippen LogP contribution in [0.5, 0.6) is 0 Å². The molecule has 0 saturated carbocycles. The maximum atomic E-state index is 6.11. The fourth-order valence-electron chi connectivity index (χ4n) is 3.65. The second-order valence-corrected chi connectivity index (χ2v) is 7.40. The zero-order valence-electron chi connectivity index (χ0n) is 15.0. The summed E-state index contributed by atoms with van der Waals surface area (Å²) in [5.74, 6) is 1.11. The summed E-state index contributed by atoms with van der Waals surface area (Å²) in [6, 6.07) is 16.4. The maximum Gasteiger partial charge on any atom is 0.107 e. The Kier molecular flexibility index (Phi) is 5.42. The van der Waals surface area contributed by atoms with Gasteiger partial charge in [0.25, 0.3) is 0 Å². The Balaban J connectivity index is 1.19. The van der Waals surface area contributed by atoms with Crippen LogP contribution < -0.4 is 4.90 Å². The highest BCUT2D eigenvalue weighted by molar-refractivity contribution is 6.30. The van der Waals surface area contributed by atoms with Gasteiger partial charge in [-0.05, 0) is 49.7 Å². The van der Waals surface area contributed by atoms with Crippen LogP contribution in [0.4, 0.5) is 5.69 Å². The lowest BCUT2D eigenvalue weighted by Crippen LogP contribution is -2.46. The van der Waals surface area contributed by atoms with Gasteiger partial charge in [0.1, 0.15) is 5.82 Å². The number of aromatic amines is 1. The summed E-state index contributed by atoms with van der Waals surface area (Å²) in [5.41, 5.74) is 3.45. The second-order valence-electron chi connectivity index (χ2n) is 6.97. The predicted molar refractivity (Wildman–Crippen MR) is 109 cm³/mol. The van der Waals surface area contributed by atoms with Crippen molar-refractivity contribution >= 4 is 28.3 Å². The van der Waals surface area contributed by atoms with E-state index < -0.39 is 0 Å². The number of unbranched alkanes of at least 4 members (excludes halogenated alkanes) is 1. The third-order valence-electron chi connectivity index (χ3n) is 5.12. The van der Waals surface area contributed by atoms with Crippen LogP contribution in [0.25, 0.3) is 11.0 Å². The SMILES string of the molecule is Clc1cccc(N2CCN(CCCCc3nc4ccccc4[nH]3)CC2)c1. The molecule has 0 spiro atoms. The van der Waals surface area contributed by atoms with E-state index in [-0.39, 0.29) is 0 Å². The van der Waals surface area contributed by atoms with Crippen LogP contribution in [0.3, 0.4) is 0 Å². The van der Waals surface area contributed by atoms with E-state index in [4.69, 9.17) is 11.6 Å². The topological polar surface area (TPSA) is 35.2 Å². The summed E-state index contributed by atoms with van der Waals surface area (Å²) >= 11 is 6.11. The number of anilines is 1. The van der Waals surface area contributed by atoms with E-state index in [9.17, 15) is 0 Å². The minimum Gasteiger partial charge on any atom is -0.369 e. The lowest BCUT2D eigenvalue weighted by atomic mass is 10.2. The number of aryl methyl sites for hydroxylation is 1. The first kappa shape index (κ1) is 17.4. The largest absolute Gasteiger partial charge is 0.369 e. The van der Waals surface area contributed by atoms with Crippen LogP contribution in [-0.4, -0.2) is 47.6 Å². The molecule has 5 heteroatoms. The van der Waals surface area contributed by atoms with Crippen LogP contribution in [0.1, 0.15) is 18.7 Å².